The highest BCUT2D eigenvalue weighted by Gasteiger charge is 2.17. The molecule has 1 aliphatic heterocycles. The molecule has 0 saturated carbocycles. The van der Waals surface area contributed by atoms with Crippen LogP contribution in [0.4, 0.5) is 0 Å². The maximum Gasteiger partial charge on any atom is 0.335 e. The summed E-state index contributed by atoms with van der Waals surface area (Å²) in [4.78, 5) is 32.2. The number of imidazole rings is 1. The van der Waals surface area contributed by atoms with Crippen molar-refractivity contribution in [3.63, 3.8) is 0 Å². The molecule has 1 fully saturated rings. The van der Waals surface area contributed by atoms with Gasteiger partial charge in [0, 0.05) is 13.1 Å². The fourth-order valence-corrected chi connectivity index (χ4v) is 3.01. The number of benzene rings is 1. The van der Waals surface area contributed by atoms with Gasteiger partial charge in [-0.1, -0.05) is 11.8 Å². The minimum Gasteiger partial charge on any atom is -0.478 e. The van der Waals surface area contributed by atoms with Crippen molar-refractivity contribution in [2.24, 2.45) is 0 Å². The van der Waals surface area contributed by atoms with Crippen molar-refractivity contribution >= 4 is 34.7 Å². The van der Waals surface area contributed by atoms with E-state index in [0.29, 0.717) is 48.2 Å². The van der Waals surface area contributed by atoms with E-state index in [9.17, 15) is 9.59 Å². The molecule has 0 aliphatic carbocycles. The number of nitrogens with zero attached hydrogens (tertiary/aromatic N) is 2. The van der Waals surface area contributed by atoms with Crippen LogP contribution >= 0.6 is 11.8 Å². The molecule has 22 heavy (non-hydrogen) atoms. The van der Waals surface area contributed by atoms with Crippen LogP contribution in [0, 0.1) is 0 Å². The lowest BCUT2D eigenvalue weighted by molar-refractivity contribution is -0.132. The van der Waals surface area contributed by atoms with Crippen molar-refractivity contribution in [1.29, 1.82) is 0 Å². The molecule has 7 nitrogen and oxygen atoms in total. The van der Waals surface area contributed by atoms with E-state index >= 15 is 0 Å². The molecule has 2 aromatic rings. The highest BCUT2D eigenvalue weighted by Crippen LogP contribution is 2.21. The number of nitrogens with one attached hydrogen (secondary N) is 1. The topological polar surface area (TPSA) is 95.5 Å². The molecule has 1 aromatic heterocycles. The zero-order valence-electron chi connectivity index (χ0n) is 11.7. The Hall–Kier alpha value is -2.06. The zero-order chi connectivity index (χ0) is 15.5. The Bertz CT molecular complexity index is 709. The van der Waals surface area contributed by atoms with E-state index in [1.165, 1.54) is 17.8 Å². The maximum atomic E-state index is 12.1. The lowest BCUT2D eigenvalue weighted by Gasteiger charge is -2.26. The van der Waals surface area contributed by atoms with Crippen LogP contribution in [0.25, 0.3) is 11.0 Å². The zero-order valence-corrected chi connectivity index (χ0v) is 12.6. The van der Waals surface area contributed by atoms with E-state index in [1.807, 2.05) is 0 Å². The Morgan fingerprint density at radius 3 is 2.86 bits per heavy atom. The highest BCUT2D eigenvalue weighted by atomic mass is 32.2. The number of carboxylic acid groups (broad SMARTS) is 1. The second kappa shape index (κ2) is 6.37. The van der Waals surface area contributed by atoms with Gasteiger partial charge in [-0.05, 0) is 18.2 Å². The molecule has 0 bridgehead atoms. The van der Waals surface area contributed by atoms with Crippen molar-refractivity contribution in [3.05, 3.63) is 23.8 Å². The summed E-state index contributed by atoms with van der Waals surface area (Å²) in [5.41, 5.74) is 1.55. The van der Waals surface area contributed by atoms with E-state index in [-0.39, 0.29) is 11.5 Å². The third-order valence-electron chi connectivity index (χ3n) is 3.40. The molecule has 1 amide bonds. The number of morpholine rings is 1. The van der Waals surface area contributed by atoms with Crippen LogP contribution in [0.15, 0.2) is 23.4 Å². The molecule has 0 radical (unpaired) electrons. The summed E-state index contributed by atoms with van der Waals surface area (Å²) in [5, 5.41) is 9.58. The summed E-state index contributed by atoms with van der Waals surface area (Å²) < 4.78 is 5.22. The molecule has 8 heteroatoms. The number of thioether (sulfide) groups is 1. The van der Waals surface area contributed by atoms with Gasteiger partial charge >= 0.3 is 5.97 Å². The van der Waals surface area contributed by atoms with Crippen LogP contribution in [0.3, 0.4) is 0 Å². The van der Waals surface area contributed by atoms with Gasteiger partial charge in [0.2, 0.25) is 5.91 Å². The number of aromatic carboxylic acids is 1. The summed E-state index contributed by atoms with van der Waals surface area (Å²) in [6.45, 7) is 2.42. The Labute approximate surface area is 130 Å². The normalized spacial score (nSPS) is 15.2. The third kappa shape index (κ3) is 3.23. The molecule has 0 atom stereocenters. The van der Waals surface area contributed by atoms with Crippen LogP contribution < -0.4 is 0 Å². The van der Waals surface area contributed by atoms with Crippen LogP contribution in [-0.2, 0) is 9.53 Å². The van der Waals surface area contributed by atoms with Crippen molar-refractivity contribution in [2.45, 2.75) is 5.16 Å². The van der Waals surface area contributed by atoms with Crippen molar-refractivity contribution in [3.8, 4) is 0 Å². The smallest absolute Gasteiger partial charge is 0.335 e. The second-order valence-electron chi connectivity index (χ2n) is 4.86. The number of H-pyrrole nitrogens is 1. The van der Waals surface area contributed by atoms with E-state index in [0.717, 1.165) is 0 Å². The first kappa shape index (κ1) is 14.9. The molecule has 1 saturated heterocycles. The molecular weight excluding hydrogens is 306 g/mol. The standard InChI is InChI=1S/C14H15N3O4S/c18-12(17-3-5-21-6-4-17)8-22-14-15-10-2-1-9(13(19)20)7-11(10)16-14/h1-2,7H,3-6,8H2,(H,15,16)(H,19,20). The third-order valence-corrected chi connectivity index (χ3v) is 4.26. The fourth-order valence-electron chi connectivity index (χ4n) is 2.22. The van der Waals surface area contributed by atoms with E-state index in [2.05, 4.69) is 9.97 Å². The SMILES string of the molecule is O=C(O)c1ccc2nc(SCC(=O)N3CCOCC3)[nH]c2c1. The Kier molecular flexibility index (Phi) is 4.30. The number of aromatic nitrogens is 2. The van der Waals surface area contributed by atoms with Crippen LogP contribution in [0.2, 0.25) is 0 Å². The average molecular weight is 321 g/mol. The number of fused-ring (bicyclic) bond motifs is 1. The van der Waals surface area contributed by atoms with Gasteiger partial charge < -0.3 is 19.7 Å². The number of carboxylic acids is 1. The van der Waals surface area contributed by atoms with Gasteiger partial charge in [-0.25, -0.2) is 9.78 Å². The fraction of sp³-hybridized carbons (Fsp3) is 0.357. The van der Waals surface area contributed by atoms with Crippen LogP contribution in [0.5, 0.6) is 0 Å². The minimum absolute atomic E-state index is 0.0555. The molecule has 3 rings (SSSR count). The lowest BCUT2D eigenvalue weighted by Crippen LogP contribution is -2.41. The van der Waals surface area contributed by atoms with Gasteiger partial charge in [0.25, 0.3) is 0 Å². The molecule has 1 aliphatic rings. The predicted octanol–water partition coefficient (Wildman–Crippen LogP) is 1.21. The number of aromatic amines is 1. The summed E-state index contributed by atoms with van der Waals surface area (Å²) in [5.74, 6) is -0.626. The number of hydrogen-bond acceptors (Lipinski definition) is 5. The second-order valence-corrected chi connectivity index (χ2v) is 5.82. The van der Waals surface area contributed by atoms with E-state index in [4.69, 9.17) is 9.84 Å². The Morgan fingerprint density at radius 2 is 2.14 bits per heavy atom. The number of carbonyl (C=O) groups excluding carboxylic acids is 1. The first-order valence-electron chi connectivity index (χ1n) is 6.85. The Balaban J connectivity index is 1.66. The number of ether oxygens (including phenoxy) is 1. The summed E-state index contributed by atoms with van der Waals surface area (Å²) in [7, 11) is 0. The summed E-state index contributed by atoms with van der Waals surface area (Å²) in [6.07, 6.45) is 0. The molecule has 0 unspecified atom stereocenters. The van der Waals surface area contributed by atoms with Gasteiger partial charge in [0.15, 0.2) is 5.16 Å². The predicted molar refractivity (Wildman–Crippen MR) is 81.2 cm³/mol. The lowest BCUT2D eigenvalue weighted by atomic mass is 10.2. The molecule has 2 heterocycles. The molecule has 116 valence electrons. The van der Waals surface area contributed by atoms with Gasteiger partial charge in [0.1, 0.15) is 0 Å². The first-order chi connectivity index (χ1) is 10.6. The number of carbonyl (C=O) groups is 2. The number of rotatable bonds is 4. The largest absolute Gasteiger partial charge is 0.478 e. The van der Waals surface area contributed by atoms with Crippen molar-refractivity contribution < 1.29 is 19.4 Å². The van der Waals surface area contributed by atoms with Crippen LogP contribution in [0.1, 0.15) is 10.4 Å². The minimum atomic E-state index is -0.979. The molecule has 2 N–H and O–H groups in total. The molecular formula is C14H15N3O4S. The molecule has 0 spiro atoms. The van der Waals surface area contributed by atoms with Gasteiger partial charge in [-0.3, -0.25) is 4.79 Å². The van der Waals surface area contributed by atoms with E-state index in [1.54, 1.807) is 17.0 Å². The Morgan fingerprint density at radius 1 is 1.36 bits per heavy atom. The monoisotopic (exact) mass is 321 g/mol. The number of amides is 1. The maximum absolute atomic E-state index is 12.1. The first-order valence-corrected chi connectivity index (χ1v) is 7.83. The number of hydrogen-bond donors (Lipinski definition) is 2. The van der Waals surface area contributed by atoms with Gasteiger partial charge in [0.05, 0.1) is 35.6 Å². The average Bonchev–Trinajstić information content (AvgIpc) is 2.95. The van der Waals surface area contributed by atoms with E-state index < -0.39 is 5.97 Å². The van der Waals surface area contributed by atoms with Gasteiger partial charge in [-0.15, -0.1) is 0 Å². The summed E-state index contributed by atoms with van der Waals surface area (Å²) >= 11 is 1.32. The quantitative estimate of drug-likeness (QED) is 0.822. The van der Waals surface area contributed by atoms with Crippen molar-refractivity contribution in [2.75, 3.05) is 32.1 Å². The van der Waals surface area contributed by atoms with Gasteiger partial charge in [-0.2, -0.15) is 0 Å². The van der Waals surface area contributed by atoms with Crippen molar-refractivity contribution in [1.82, 2.24) is 14.9 Å². The molecule has 1 aromatic carbocycles. The highest BCUT2D eigenvalue weighted by molar-refractivity contribution is 7.99. The van der Waals surface area contributed by atoms with Crippen LogP contribution in [-0.4, -0.2) is 63.9 Å². The summed E-state index contributed by atoms with van der Waals surface area (Å²) in [6, 6.07) is 4.71.